The summed E-state index contributed by atoms with van der Waals surface area (Å²) < 4.78 is 43.8. The molecular formula is C21H22ClN3O7S. The molecular weight excluding hydrogens is 474 g/mol. The van der Waals surface area contributed by atoms with Crippen LogP contribution in [0, 0.1) is 0 Å². The first kappa shape index (κ1) is 23.1. The maximum Gasteiger partial charge on any atom is 0.262 e. The molecule has 0 aromatic heterocycles. The average molecular weight is 496 g/mol. The van der Waals surface area contributed by atoms with Crippen LogP contribution in [-0.4, -0.2) is 58.0 Å². The van der Waals surface area contributed by atoms with Gasteiger partial charge in [-0.15, -0.1) is 0 Å². The van der Waals surface area contributed by atoms with Gasteiger partial charge in [0.2, 0.25) is 15.9 Å². The van der Waals surface area contributed by atoms with Gasteiger partial charge >= 0.3 is 0 Å². The zero-order valence-electron chi connectivity index (χ0n) is 17.9. The lowest BCUT2D eigenvalue weighted by atomic mass is 10.2. The zero-order chi connectivity index (χ0) is 23.8. The van der Waals surface area contributed by atoms with Gasteiger partial charge in [-0.1, -0.05) is 11.6 Å². The molecule has 2 aliphatic heterocycles. The third kappa shape index (κ3) is 4.56. The van der Waals surface area contributed by atoms with Gasteiger partial charge < -0.3 is 24.8 Å². The summed E-state index contributed by atoms with van der Waals surface area (Å²) >= 11 is 6.25. The van der Waals surface area contributed by atoms with Crippen LogP contribution in [-0.2, 0) is 19.6 Å². The van der Waals surface area contributed by atoms with E-state index in [0.29, 0.717) is 30.0 Å². The van der Waals surface area contributed by atoms with Crippen LogP contribution in [0.3, 0.4) is 0 Å². The molecule has 2 aliphatic rings. The highest BCUT2D eigenvalue weighted by Crippen LogP contribution is 2.38. The molecule has 176 valence electrons. The van der Waals surface area contributed by atoms with Crippen LogP contribution < -0.4 is 24.8 Å². The summed E-state index contributed by atoms with van der Waals surface area (Å²) in [6.07, 6.45) is 0.856. The standard InChI is InChI=1S/C21H22ClN3O7S/c1-30-13-6-12(7-14(8-13)31-2)23-21(27)17-4-3-5-25(17)33(28,29)19-10-18-16(9-15(19)22)24-20(26)11-32-18/h6-10,17H,3-5,11H2,1-2H3,(H,23,27)(H,24,26)/t17-/m0/s1. The van der Waals surface area contributed by atoms with E-state index < -0.39 is 22.0 Å². The van der Waals surface area contributed by atoms with Gasteiger partial charge in [0.1, 0.15) is 28.2 Å². The van der Waals surface area contributed by atoms with Gasteiger partial charge in [-0.25, -0.2) is 8.42 Å². The molecule has 1 atom stereocenters. The average Bonchev–Trinajstić information content (AvgIpc) is 3.29. The Labute approximate surface area is 195 Å². The molecule has 4 rings (SSSR count). The molecule has 0 saturated carbocycles. The van der Waals surface area contributed by atoms with Gasteiger partial charge in [0.15, 0.2) is 6.61 Å². The second-order valence-corrected chi connectivity index (χ2v) is 9.75. The maximum absolute atomic E-state index is 13.5. The van der Waals surface area contributed by atoms with E-state index in [2.05, 4.69) is 10.6 Å². The Morgan fingerprint density at radius 3 is 2.55 bits per heavy atom. The van der Waals surface area contributed by atoms with E-state index in [1.165, 1.54) is 26.4 Å². The van der Waals surface area contributed by atoms with Gasteiger partial charge in [-0.3, -0.25) is 9.59 Å². The van der Waals surface area contributed by atoms with Crippen molar-refractivity contribution >= 4 is 44.8 Å². The van der Waals surface area contributed by atoms with Gasteiger partial charge in [-0.2, -0.15) is 4.31 Å². The number of carbonyl (C=O) groups excluding carboxylic acids is 2. The molecule has 2 amide bonds. The number of carbonyl (C=O) groups is 2. The molecule has 2 heterocycles. The first-order valence-corrected chi connectivity index (χ1v) is 11.9. The lowest BCUT2D eigenvalue weighted by Gasteiger charge is -2.25. The molecule has 2 aromatic rings. The van der Waals surface area contributed by atoms with Crippen LogP contribution >= 0.6 is 11.6 Å². The number of ether oxygens (including phenoxy) is 3. The number of hydrogen-bond donors (Lipinski definition) is 2. The van der Waals surface area contributed by atoms with Crippen LogP contribution in [0.25, 0.3) is 0 Å². The number of anilines is 2. The minimum absolute atomic E-state index is 0.0804. The second kappa shape index (κ2) is 9.08. The number of rotatable bonds is 6. The maximum atomic E-state index is 13.5. The number of hydrogen-bond acceptors (Lipinski definition) is 7. The van der Waals surface area contributed by atoms with Crippen molar-refractivity contribution in [1.82, 2.24) is 4.31 Å². The SMILES string of the molecule is COc1cc(NC(=O)[C@@H]2CCCN2S(=O)(=O)c2cc3c(cc2Cl)NC(=O)CO3)cc(OC)c1. The summed E-state index contributed by atoms with van der Waals surface area (Å²) in [4.78, 5) is 24.4. The Bertz CT molecular complexity index is 1200. The van der Waals surface area contributed by atoms with Crippen molar-refractivity contribution in [3.05, 3.63) is 35.4 Å². The number of benzene rings is 2. The van der Waals surface area contributed by atoms with E-state index in [4.69, 9.17) is 25.8 Å². The molecule has 2 aromatic carbocycles. The predicted molar refractivity (Wildman–Crippen MR) is 121 cm³/mol. The number of nitrogens with zero attached hydrogens (tertiary/aromatic N) is 1. The topological polar surface area (TPSA) is 123 Å². The van der Waals surface area contributed by atoms with E-state index in [0.717, 1.165) is 4.31 Å². The largest absolute Gasteiger partial charge is 0.497 e. The van der Waals surface area contributed by atoms with E-state index in [9.17, 15) is 18.0 Å². The molecule has 2 N–H and O–H groups in total. The summed E-state index contributed by atoms with van der Waals surface area (Å²) in [7, 11) is -1.15. The Kier molecular flexibility index (Phi) is 6.37. The summed E-state index contributed by atoms with van der Waals surface area (Å²) in [5.74, 6) is 0.312. The van der Waals surface area contributed by atoms with Crippen LogP contribution in [0.5, 0.6) is 17.2 Å². The van der Waals surface area contributed by atoms with E-state index in [-0.39, 0.29) is 40.4 Å². The minimum atomic E-state index is -4.13. The molecule has 0 aliphatic carbocycles. The van der Waals surface area contributed by atoms with Crippen LogP contribution in [0.2, 0.25) is 5.02 Å². The predicted octanol–water partition coefficient (Wildman–Crippen LogP) is 2.48. The van der Waals surface area contributed by atoms with Crippen LogP contribution in [0.15, 0.2) is 35.2 Å². The van der Waals surface area contributed by atoms with Gasteiger partial charge in [0, 0.05) is 36.5 Å². The highest BCUT2D eigenvalue weighted by molar-refractivity contribution is 7.89. The summed E-state index contributed by atoms with van der Waals surface area (Å²) in [5.41, 5.74) is 0.703. The fourth-order valence-corrected chi connectivity index (χ4v) is 5.98. The molecule has 1 saturated heterocycles. The van der Waals surface area contributed by atoms with Crippen molar-refractivity contribution in [2.75, 3.05) is 38.0 Å². The number of halogens is 1. The normalized spacial score (nSPS) is 18.2. The van der Waals surface area contributed by atoms with Crippen molar-refractivity contribution in [2.45, 2.75) is 23.8 Å². The number of sulfonamides is 1. The number of amides is 2. The number of fused-ring (bicyclic) bond motifs is 1. The molecule has 33 heavy (non-hydrogen) atoms. The Morgan fingerprint density at radius 1 is 1.18 bits per heavy atom. The molecule has 0 bridgehead atoms. The minimum Gasteiger partial charge on any atom is -0.497 e. The summed E-state index contributed by atoms with van der Waals surface area (Å²) in [6.45, 7) is -0.0697. The van der Waals surface area contributed by atoms with E-state index >= 15 is 0 Å². The number of methoxy groups -OCH3 is 2. The first-order valence-electron chi connectivity index (χ1n) is 10.0. The van der Waals surface area contributed by atoms with Crippen LogP contribution in [0.4, 0.5) is 11.4 Å². The number of nitrogens with one attached hydrogen (secondary N) is 2. The molecule has 10 nitrogen and oxygen atoms in total. The third-order valence-corrected chi connectivity index (χ3v) is 7.75. The van der Waals surface area contributed by atoms with Crippen LogP contribution in [0.1, 0.15) is 12.8 Å². The molecule has 1 fully saturated rings. The fourth-order valence-electron chi connectivity index (χ4n) is 3.80. The summed E-state index contributed by atoms with van der Waals surface area (Å²) in [6, 6.07) is 6.55. The van der Waals surface area contributed by atoms with Gasteiger partial charge in [0.05, 0.1) is 24.9 Å². The van der Waals surface area contributed by atoms with E-state index in [1.54, 1.807) is 18.2 Å². The molecule has 0 unspecified atom stereocenters. The van der Waals surface area contributed by atoms with E-state index in [1.807, 2.05) is 0 Å². The quantitative estimate of drug-likeness (QED) is 0.631. The molecule has 0 radical (unpaired) electrons. The van der Waals surface area contributed by atoms with Gasteiger partial charge in [-0.05, 0) is 18.9 Å². The van der Waals surface area contributed by atoms with Crippen molar-refractivity contribution in [3.63, 3.8) is 0 Å². The third-order valence-electron chi connectivity index (χ3n) is 5.38. The summed E-state index contributed by atoms with van der Waals surface area (Å²) in [5, 5.41) is 5.25. The highest BCUT2D eigenvalue weighted by atomic mass is 35.5. The Hall–Kier alpha value is -3.02. The van der Waals surface area contributed by atoms with Crippen molar-refractivity contribution in [1.29, 1.82) is 0 Å². The monoisotopic (exact) mass is 495 g/mol. The van der Waals surface area contributed by atoms with Gasteiger partial charge in [0.25, 0.3) is 5.91 Å². The Morgan fingerprint density at radius 2 is 1.88 bits per heavy atom. The Balaban J connectivity index is 1.60. The lowest BCUT2D eigenvalue weighted by Crippen LogP contribution is -2.43. The fraction of sp³-hybridized carbons (Fsp3) is 0.333. The smallest absolute Gasteiger partial charge is 0.262 e. The first-order chi connectivity index (χ1) is 15.7. The molecule has 0 spiro atoms. The van der Waals surface area contributed by atoms with Crippen molar-refractivity contribution < 1.29 is 32.2 Å². The van der Waals surface area contributed by atoms with Crippen molar-refractivity contribution in [2.24, 2.45) is 0 Å². The highest BCUT2D eigenvalue weighted by Gasteiger charge is 2.41. The lowest BCUT2D eigenvalue weighted by molar-refractivity contribution is -0.119. The molecule has 12 heteroatoms. The second-order valence-electron chi connectivity index (χ2n) is 7.48. The van der Waals surface area contributed by atoms with Crippen molar-refractivity contribution in [3.8, 4) is 17.2 Å². The zero-order valence-corrected chi connectivity index (χ0v) is 19.5.